The summed E-state index contributed by atoms with van der Waals surface area (Å²) in [4.78, 5) is 16.2. The van der Waals surface area contributed by atoms with Crippen LogP contribution < -0.4 is 0 Å². The highest BCUT2D eigenvalue weighted by molar-refractivity contribution is 6.35. The average Bonchev–Trinajstić information content (AvgIpc) is 2.89. The zero-order chi connectivity index (χ0) is 19.8. The van der Waals surface area contributed by atoms with Crippen molar-refractivity contribution in [3.05, 3.63) is 75.7 Å². The second-order valence-electron chi connectivity index (χ2n) is 7.23. The first-order valence-electron chi connectivity index (χ1n) is 8.69. The van der Waals surface area contributed by atoms with Crippen LogP contribution in [0.25, 0.3) is 15.7 Å². The lowest BCUT2D eigenvalue weighted by Gasteiger charge is -2.23. The average molecular weight is 381 g/mol. The first-order chi connectivity index (χ1) is 12.7. The van der Waals surface area contributed by atoms with Gasteiger partial charge in [0.05, 0.1) is 18.1 Å². The van der Waals surface area contributed by atoms with Gasteiger partial charge in [-0.3, -0.25) is 4.79 Å². The van der Waals surface area contributed by atoms with E-state index in [9.17, 15) is 9.90 Å². The SMILES string of the molecule is [C-]#[N+]c1ccc(CC(=O)[C@@](C)(O)Cn2cc(Cl)c3cc(C)ccc32)cc1C. The van der Waals surface area contributed by atoms with Gasteiger partial charge < -0.3 is 9.67 Å². The summed E-state index contributed by atoms with van der Waals surface area (Å²) in [6.07, 6.45) is 1.86. The Bertz CT molecular complexity index is 1070. The fourth-order valence-electron chi connectivity index (χ4n) is 3.25. The minimum absolute atomic E-state index is 0.109. The highest BCUT2D eigenvalue weighted by atomic mass is 35.5. The summed E-state index contributed by atoms with van der Waals surface area (Å²) in [6.45, 7) is 12.6. The highest BCUT2D eigenvalue weighted by Crippen LogP contribution is 2.28. The molecule has 3 aromatic rings. The topological polar surface area (TPSA) is 46.6 Å². The number of hydrogen-bond acceptors (Lipinski definition) is 2. The van der Waals surface area contributed by atoms with Crippen LogP contribution in [-0.2, 0) is 17.8 Å². The van der Waals surface area contributed by atoms with E-state index in [1.807, 2.05) is 42.7 Å². The molecular weight excluding hydrogens is 360 g/mol. The maximum Gasteiger partial charge on any atom is 0.190 e. The van der Waals surface area contributed by atoms with Gasteiger partial charge in [-0.2, -0.15) is 0 Å². The van der Waals surface area contributed by atoms with Crippen molar-refractivity contribution in [2.75, 3.05) is 0 Å². The molecule has 0 aliphatic carbocycles. The summed E-state index contributed by atoms with van der Waals surface area (Å²) in [5.74, 6) is -0.275. The van der Waals surface area contributed by atoms with Crippen LogP contribution >= 0.6 is 11.6 Å². The van der Waals surface area contributed by atoms with E-state index in [0.717, 1.165) is 27.6 Å². The van der Waals surface area contributed by atoms with Crippen molar-refractivity contribution < 1.29 is 9.90 Å². The molecule has 3 rings (SSSR count). The number of Topliss-reactive ketones (excluding diaryl/α,β-unsaturated/α-hetero) is 1. The summed E-state index contributed by atoms with van der Waals surface area (Å²) in [6, 6.07) is 11.2. The van der Waals surface area contributed by atoms with Gasteiger partial charge >= 0.3 is 0 Å². The summed E-state index contributed by atoms with van der Waals surface area (Å²) in [5.41, 5.74) is 2.64. The van der Waals surface area contributed by atoms with E-state index in [2.05, 4.69) is 4.85 Å². The Labute approximate surface area is 163 Å². The molecule has 0 saturated carbocycles. The van der Waals surface area contributed by atoms with E-state index in [1.54, 1.807) is 18.3 Å². The number of carbonyl (C=O) groups is 1. The van der Waals surface area contributed by atoms with Gasteiger partial charge in [-0.1, -0.05) is 41.4 Å². The molecule has 0 fully saturated rings. The minimum Gasteiger partial charge on any atom is -0.380 e. The molecule has 138 valence electrons. The summed E-state index contributed by atoms with van der Waals surface area (Å²) < 4.78 is 1.82. The normalized spacial score (nSPS) is 13.3. The van der Waals surface area contributed by atoms with Crippen LogP contribution in [0.1, 0.15) is 23.6 Å². The number of aromatic nitrogens is 1. The Kier molecular flexibility index (Phi) is 5.10. The van der Waals surface area contributed by atoms with Gasteiger partial charge in [0, 0.05) is 23.5 Å². The van der Waals surface area contributed by atoms with Crippen LogP contribution in [-0.4, -0.2) is 21.1 Å². The van der Waals surface area contributed by atoms with Crippen LogP contribution in [0.15, 0.2) is 42.6 Å². The molecule has 4 nitrogen and oxygen atoms in total. The van der Waals surface area contributed by atoms with E-state index in [1.165, 1.54) is 6.92 Å². The van der Waals surface area contributed by atoms with Gasteiger partial charge in [-0.15, -0.1) is 0 Å². The third-order valence-electron chi connectivity index (χ3n) is 4.81. The van der Waals surface area contributed by atoms with Crippen LogP contribution in [0.5, 0.6) is 0 Å². The molecule has 0 saturated heterocycles. The number of ketones is 1. The summed E-state index contributed by atoms with van der Waals surface area (Å²) in [7, 11) is 0. The fourth-order valence-corrected chi connectivity index (χ4v) is 3.52. The third-order valence-corrected chi connectivity index (χ3v) is 5.11. The largest absolute Gasteiger partial charge is 0.380 e. The lowest BCUT2D eigenvalue weighted by atomic mass is 9.94. The van der Waals surface area contributed by atoms with Crippen molar-refractivity contribution in [3.63, 3.8) is 0 Å². The molecule has 27 heavy (non-hydrogen) atoms. The number of rotatable bonds is 5. The lowest BCUT2D eigenvalue weighted by molar-refractivity contribution is -0.136. The van der Waals surface area contributed by atoms with Crippen molar-refractivity contribution in [1.29, 1.82) is 0 Å². The maximum absolute atomic E-state index is 12.7. The van der Waals surface area contributed by atoms with Crippen LogP contribution in [0, 0.1) is 20.4 Å². The second kappa shape index (κ2) is 7.19. The van der Waals surface area contributed by atoms with E-state index >= 15 is 0 Å². The van der Waals surface area contributed by atoms with E-state index in [-0.39, 0.29) is 18.7 Å². The van der Waals surface area contributed by atoms with Crippen molar-refractivity contribution in [1.82, 2.24) is 4.57 Å². The molecule has 1 aromatic heterocycles. The highest BCUT2D eigenvalue weighted by Gasteiger charge is 2.31. The lowest BCUT2D eigenvalue weighted by Crippen LogP contribution is -2.40. The monoisotopic (exact) mass is 380 g/mol. The van der Waals surface area contributed by atoms with E-state index in [4.69, 9.17) is 18.2 Å². The molecule has 0 aliphatic rings. The fraction of sp³-hybridized carbons (Fsp3) is 0.273. The summed E-state index contributed by atoms with van der Waals surface area (Å²) >= 11 is 6.32. The van der Waals surface area contributed by atoms with Crippen LogP contribution in [0.2, 0.25) is 5.02 Å². The number of benzene rings is 2. The molecule has 0 unspecified atom stereocenters. The van der Waals surface area contributed by atoms with Gasteiger partial charge in [0.15, 0.2) is 11.5 Å². The van der Waals surface area contributed by atoms with Crippen molar-refractivity contribution >= 4 is 34.0 Å². The van der Waals surface area contributed by atoms with Crippen molar-refractivity contribution in [3.8, 4) is 0 Å². The van der Waals surface area contributed by atoms with Gasteiger partial charge in [-0.05, 0) is 44.0 Å². The van der Waals surface area contributed by atoms with Gasteiger partial charge in [-0.25, -0.2) is 4.85 Å². The number of halogens is 1. The zero-order valence-electron chi connectivity index (χ0n) is 15.6. The Hall–Kier alpha value is -2.61. The number of hydrogen-bond donors (Lipinski definition) is 1. The first kappa shape index (κ1) is 19.2. The smallest absolute Gasteiger partial charge is 0.190 e. The number of nitrogens with zero attached hydrogens (tertiary/aromatic N) is 2. The molecule has 5 heteroatoms. The van der Waals surface area contributed by atoms with Crippen LogP contribution in [0.4, 0.5) is 5.69 Å². The van der Waals surface area contributed by atoms with Gasteiger partial charge in [0.2, 0.25) is 0 Å². The van der Waals surface area contributed by atoms with E-state index in [0.29, 0.717) is 10.7 Å². The molecule has 2 aromatic carbocycles. The molecule has 0 aliphatic heterocycles. The Morgan fingerprint density at radius 2 is 2.00 bits per heavy atom. The molecule has 0 amide bonds. The van der Waals surface area contributed by atoms with Crippen molar-refractivity contribution in [2.24, 2.45) is 0 Å². The number of fused-ring (bicyclic) bond motifs is 1. The Balaban J connectivity index is 1.83. The number of aryl methyl sites for hydroxylation is 2. The molecule has 1 N–H and O–H groups in total. The standard InChI is InChI=1S/C22H21ClN2O2/c1-14-5-8-20-17(9-14)18(23)12-25(20)13-22(3,27)21(26)11-16-6-7-19(24-4)15(2)10-16/h5-10,12,27H,11,13H2,1-3H3/t22-/m0/s1. The second-order valence-corrected chi connectivity index (χ2v) is 7.64. The molecule has 1 atom stereocenters. The number of aliphatic hydroxyl groups is 1. The Morgan fingerprint density at radius 3 is 2.67 bits per heavy atom. The van der Waals surface area contributed by atoms with E-state index < -0.39 is 5.60 Å². The zero-order valence-corrected chi connectivity index (χ0v) is 16.3. The van der Waals surface area contributed by atoms with Gasteiger partial charge in [0.1, 0.15) is 5.60 Å². The molecule has 1 heterocycles. The van der Waals surface area contributed by atoms with Crippen LogP contribution in [0.3, 0.4) is 0 Å². The summed E-state index contributed by atoms with van der Waals surface area (Å²) in [5, 5.41) is 12.3. The predicted molar refractivity (Wildman–Crippen MR) is 108 cm³/mol. The Morgan fingerprint density at radius 1 is 1.26 bits per heavy atom. The van der Waals surface area contributed by atoms with Crippen molar-refractivity contribution in [2.45, 2.75) is 39.3 Å². The quantitative estimate of drug-likeness (QED) is 0.631. The third kappa shape index (κ3) is 3.90. The molecule has 0 bridgehead atoms. The number of carbonyl (C=O) groups excluding carboxylic acids is 1. The maximum atomic E-state index is 12.7. The molecular formula is C22H21ClN2O2. The predicted octanol–water partition coefficient (Wildman–Crippen LogP) is 5.03. The minimum atomic E-state index is -1.54. The molecule has 0 radical (unpaired) electrons. The van der Waals surface area contributed by atoms with Gasteiger partial charge in [0.25, 0.3) is 0 Å². The molecule has 0 spiro atoms. The first-order valence-corrected chi connectivity index (χ1v) is 9.07.